The first kappa shape index (κ1) is 17.8. The SMILES string of the molecule is O=C(COc1ccccc1-c1ccccc1)NN=C1CCOc2ccccc21. The number of hydrazone groups is 1. The van der Waals surface area contributed by atoms with Gasteiger partial charge in [0.15, 0.2) is 6.61 Å². The van der Waals surface area contributed by atoms with Crippen LogP contribution in [0.4, 0.5) is 0 Å². The summed E-state index contributed by atoms with van der Waals surface area (Å²) >= 11 is 0. The first-order valence-corrected chi connectivity index (χ1v) is 9.16. The molecule has 0 spiro atoms. The minimum absolute atomic E-state index is 0.112. The minimum Gasteiger partial charge on any atom is -0.492 e. The second kappa shape index (κ2) is 8.39. The maximum Gasteiger partial charge on any atom is 0.277 e. The number of hydrogen-bond donors (Lipinski definition) is 1. The van der Waals surface area contributed by atoms with Crippen LogP contribution in [0, 0.1) is 0 Å². The highest BCUT2D eigenvalue weighted by atomic mass is 16.5. The first-order valence-electron chi connectivity index (χ1n) is 9.16. The van der Waals surface area contributed by atoms with Gasteiger partial charge < -0.3 is 9.47 Å². The van der Waals surface area contributed by atoms with E-state index in [9.17, 15) is 4.79 Å². The summed E-state index contributed by atoms with van der Waals surface area (Å²) in [6.07, 6.45) is 0.648. The number of rotatable bonds is 5. The van der Waals surface area contributed by atoms with Gasteiger partial charge in [-0.1, -0.05) is 60.7 Å². The lowest BCUT2D eigenvalue weighted by molar-refractivity contribution is -0.123. The predicted molar refractivity (Wildman–Crippen MR) is 109 cm³/mol. The zero-order valence-electron chi connectivity index (χ0n) is 15.3. The smallest absolute Gasteiger partial charge is 0.277 e. The average molecular weight is 372 g/mol. The van der Waals surface area contributed by atoms with Crippen LogP contribution in [0.3, 0.4) is 0 Å². The molecule has 0 fully saturated rings. The lowest BCUT2D eigenvalue weighted by Gasteiger charge is -2.18. The second-order valence-corrected chi connectivity index (χ2v) is 6.34. The molecule has 1 amide bonds. The van der Waals surface area contributed by atoms with Crippen molar-refractivity contribution in [2.24, 2.45) is 5.10 Å². The van der Waals surface area contributed by atoms with E-state index in [0.717, 1.165) is 28.2 Å². The van der Waals surface area contributed by atoms with Crippen LogP contribution in [0.1, 0.15) is 12.0 Å². The third-order valence-corrected chi connectivity index (χ3v) is 4.44. The fourth-order valence-electron chi connectivity index (χ4n) is 3.09. The van der Waals surface area contributed by atoms with Crippen LogP contribution in [0.5, 0.6) is 11.5 Å². The molecule has 28 heavy (non-hydrogen) atoms. The highest BCUT2D eigenvalue weighted by Gasteiger charge is 2.16. The summed E-state index contributed by atoms with van der Waals surface area (Å²) < 4.78 is 11.4. The molecule has 1 N–H and O–H groups in total. The maximum atomic E-state index is 12.2. The fraction of sp³-hybridized carbons (Fsp3) is 0.130. The van der Waals surface area contributed by atoms with E-state index in [0.29, 0.717) is 18.8 Å². The van der Waals surface area contributed by atoms with Gasteiger partial charge in [-0.05, 0) is 23.8 Å². The quantitative estimate of drug-likeness (QED) is 0.688. The summed E-state index contributed by atoms with van der Waals surface area (Å²) in [6.45, 7) is 0.436. The van der Waals surface area contributed by atoms with Gasteiger partial charge in [0.1, 0.15) is 11.5 Å². The Morgan fingerprint density at radius 3 is 2.50 bits per heavy atom. The number of carbonyl (C=O) groups is 1. The average Bonchev–Trinajstić information content (AvgIpc) is 2.77. The van der Waals surface area contributed by atoms with Gasteiger partial charge in [0.2, 0.25) is 0 Å². The highest BCUT2D eigenvalue weighted by molar-refractivity contribution is 6.04. The number of nitrogens with zero attached hydrogens (tertiary/aromatic N) is 1. The number of nitrogens with one attached hydrogen (secondary N) is 1. The largest absolute Gasteiger partial charge is 0.492 e. The van der Waals surface area contributed by atoms with Crippen LogP contribution in [0.15, 0.2) is 84.0 Å². The molecule has 3 aromatic rings. The molecule has 1 heterocycles. The lowest BCUT2D eigenvalue weighted by atomic mass is 10.0. The summed E-state index contributed by atoms with van der Waals surface area (Å²) in [4.78, 5) is 12.2. The van der Waals surface area contributed by atoms with Crippen molar-refractivity contribution in [3.05, 3.63) is 84.4 Å². The van der Waals surface area contributed by atoms with Crippen LogP contribution >= 0.6 is 0 Å². The highest BCUT2D eigenvalue weighted by Crippen LogP contribution is 2.29. The van der Waals surface area contributed by atoms with E-state index < -0.39 is 0 Å². The summed E-state index contributed by atoms with van der Waals surface area (Å²) in [5, 5.41) is 4.27. The Labute approximate surface area is 163 Å². The lowest BCUT2D eigenvalue weighted by Crippen LogP contribution is -2.27. The van der Waals surface area contributed by atoms with Crippen molar-refractivity contribution in [2.75, 3.05) is 13.2 Å². The minimum atomic E-state index is -0.306. The molecule has 0 radical (unpaired) electrons. The molecule has 0 saturated heterocycles. The number of para-hydroxylation sites is 2. The number of ether oxygens (including phenoxy) is 2. The van der Waals surface area contributed by atoms with Gasteiger partial charge in [-0.3, -0.25) is 4.79 Å². The van der Waals surface area contributed by atoms with Crippen molar-refractivity contribution in [3.8, 4) is 22.6 Å². The number of carbonyl (C=O) groups excluding carboxylic acids is 1. The van der Waals surface area contributed by atoms with Crippen molar-refractivity contribution in [1.82, 2.24) is 5.43 Å². The molecule has 3 aromatic carbocycles. The molecule has 0 atom stereocenters. The van der Waals surface area contributed by atoms with Crippen molar-refractivity contribution in [2.45, 2.75) is 6.42 Å². The van der Waals surface area contributed by atoms with Crippen LogP contribution < -0.4 is 14.9 Å². The van der Waals surface area contributed by atoms with E-state index in [1.54, 1.807) is 0 Å². The van der Waals surface area contributed by atoms with Crippen LogP contribution in [-0.2, 0) is 4.79 Å². The Bertz CT molecular complexity index is 999. The van der Waals surface area contributed by atoms with Gasteiger partial charge in [0, 0.05) is 17.5 Å². The Morgan fingerprint density at radius 1 is 0.929 bits per heavy atom. The van der Waals surface area contributed by atoms with E-state index in [4.69, 9.17) is 9.47 Å². The Balaban J connectivity index is 1.41. The molecule has 0 saturated carbocycles. The van der Waals surface area contributed by atoms with Crippen molar-refractivity contribution < 1.29 is 14.3 Å². The van der Waals surface area contributed by atoms with E-state index in [-0.39, 0.29) is 12.5 Å². The zero-order valence-corrected chi connectivity index (χ0v) is 15.3. The molecule has 0 bridgehead atoms. The van der Waals surface area contributed by atoms with Crippen molar-refractivity contribution >= 4 is 11.6 Å². The van der Waals surface area contributed by atoms with Gasteiger partial charge >= 0.3 is 0 Å². The van der Waals surface area contributed by atoms with E-state index in [1.807, 2.05) is 78.9 Å². The van der Waals surface area contributed by atoms with E-state index in [2.05, 4.69) is 10.5 Å². The third-order valence-electron chi connectivity index (χ3n) is 4.44. The third kappa shape index (κ3) is 4.04. The summed E-state index contributed by atoms with van der Waals surface area (Å²) in [6, 6.07) is 25.3. The molecule has 5 nitrogen and oxygen atoms in total. The number of fused-ring (bicyclic) bond motifs is 1. The first-order chi connectivity index (χ1) is 13.8. The second-order valence-electron chi connectivity index (χ2n) is 6.34. The molecule has 0 aromatic heterocycles. The molecule has 0 aliphatic carbocycles. The maximum absolute atomic E-state index is 12.2. The van der Waals surface area contributed by atoms with Gasteiger partial charge in [-0.25, -0.2) is 5.43 Å². The monoisotopic (exact) mass is 372 g/mol. The van der Waals surface area contributed by atoms with Gasteiger partial charge in [0.05, 0.1) is 12.3 Å². The molecule has 4 rings (SSSR count). The Morgan fingerprint density at radius 2 is 1.64 bits per heavy atom. The molecule has 5 heteroatoms. The van der Waals surface area contributed by atoms with Crippen LogP contribution in [-0.4, -0.2) is 24.8 Å². The summed E-state index contributed by atoms with van der Waals surface area (Å²) in [5.74, 6) is 1.14. The normalized spacial score (nSPS) is 14.1. The van der Waals surface area contributed by atoms with Crippen molar-refractivity contribution in [3.63, 3.8) is 0 Å². The number of amides is 1. The molecular weight excluding hydrogens is 352 g/mol. The predicted octanol–water partition coefficient (Wildman–Crippen LogP) is 4.04. The van der Waals surface area contributed by atoms with Crippen molar-refractivity contribution in [1.29, 1.82) is 0 Å². The topological polar surface area (TPSA) is 59.9 Å². The fourth-order valence-corrected chi connectivity index (χ4v) is 3.09. The Hall–Kier alpha value is -3.60. The van der Waals surface area contributed by atoms with Gasteiger partial charge in [0.25, 0.3) is 5.91 Å². The zero-order chi connectivity index (χ0) is 19.2. The number of benzene rings is 3. The summed E-state index contributed by atoms with van der Waals surface area (Å²) in [5.41, 5.74) is 6.29. The number of hydrogen-bond acceptors (Lipinski definition) is 4. The van der Waals surface area contributed by atoms with Gasteiger partial charge in [-0.2, -0.15) is 5.10 Å². The molecule has 1 aliphatic rings. The van der Waals surface area contributed by atoms with E-state index >= 15 is 0 Å². The summed E-state index contributed by atoms with van der Waals surface area (Å²) in [7, 11) is 0. The molecule has 1 aliphatic heterocycles. The van der Waals surface area contributed by atoms with Crippen LogP contribution in [0.25, 0.3) is 11.1 Å². The molecular formula is C23H20N2O3. The Kier molecular flexibility index (Phi) is 5.33. The van der Waals surface area contributed by atoms with E-state index in [1.165, 1.54) is 0 Å². The van der Waals surface area contributed by atoms with Gasteiger partial charge in [-0.15, -0.1) is 0 Å². The standard InChI is InChI=1S/C23H20N2O3/c26-23(25-24-20-14-15-27-22-13-7-5-11-19(20)22)16-28-21-12-6-4-10-18(21)17-8-2-1-3-9-17/h1-13H,14-16H2,(H,25,26). The molecule has 0 unspecified atom stereocenters. The van der Waals surface area contributed by atoms with Crippen LogP contribution in [0.2, 0.25) is 0 Å². The molecule has 140 valence electrons.